The first-order valence-electron chi connectivity index (χ1n) is 11.2. The molecule has 0 saturated carbocycles. The third-order valence-electron chi connectivity index (χ3n) is 5.32. The van der Waals surface area contributed by atoms with Crippen molar-refractivity contribution in [1.82, 2.24) is 0 Å². The van der Waals surface area contributed by atoms with Crippen LogP contribution < -0.4 is 0 Å². The van der Waals surface area contributed by atoms with Crippen LogP contribution in [0.3, 0.4) is 0 Å². The highest BCUT2D eigenvalue weighted by Gasteiger charge is 2.11. The number of unbranched alkanes of at least 4 members (excludes halogenated alkanes) is 14. The Hall–Kier alpha value is -0.330. The van der Waals surface area contributed by atoms with Crippen molar-refractivity contribution < 1.29 is 4.79 Å². The van der Waals surface area contributed by atoms with Gasteiger partial charge in [0.1, 0.15) is 5.78 Å². The maximum Gasteiger partial charge on any atom is 0.135 e. The first kappa shape index (κ1) is 23.7. The highest BCUT2D eigenvalue weighted by molar-refractivity contribution is 5.80. The second kappa shape index (κ2) is 19.0. The van der Waals surface area contributed by atoms with Crippen LogP contribution >= 0.6 is 0 Å². The molecule has 0 aliphatic carbocycles. The monoisotopic (exact) mass is 338 g/mol. The highest BCUT2D eigenvalue weighted by Crippen LogP contribution is 2.16. The maximum absolute atomic E-state index is 12.1. The Kier molecular flexibility index (Phi) is 18.7. The van der Waals surface area contributed by atoms with Gasteiger partial charge in [0.25, 0.3) is 0 Å². The molecule has 144 valence electrons. The summed E-state index contributed by atoms with van der Waals surface area (Å²) >= 11 is 0. The molecule has 0 N–H and O–H groups in total. The predicted octanol–water partition coefficient (Wildman–Crippen LogP) is 8.25. The van der Waals surface area contributed by atoms with Crippen LogP contribution in [-0.4, -0.2) is 5.78 Å². The van der Waals surface area contributed by atoms with Gasteiger partial charge >= 0.3 is 0 Å². The average molecular weight is 339 g/mol. The average Bonchev–Trinajstić information content (AvgIpc) is 2.59. The minimum Gasteiger partial charge on any atom is -0.299 e. The van der Waals surface area contributed by atoms with E-state index in [2.05, 4.69) is 20.8 Å². The van der Waals surface area contributed by atoms with E-state index in [0.29, 0.717) is 11.7 Å². The van der Waals surface area contributed by atoms with Crippen molar-refractivity contribution in [3.8, 4) is 0 Å². The van der Waals surface area contributed by atoms with Crippen molar-refractivity contribution >= 4 is 5.78 Å². The fraction of sp³-hybridized carbons (Fsp3) is 0.957. The topological polar surface area (TPSA) is 17.1 Å². The summed E-state index contributed by atoms with van der Waals surface area (Å²) in [4.78, 5) is 12.1. The van der Waals surface area contributed by atoms with Gasteiger partial charge in [0.15, 0.2) is 0 Å². The van der Waals surface area contributed by atoms with Gasteiger partial charge in [-0.05, 0) is 12.8 Å². The van der Waals surface area contributed by atoms with Gasteiger partial charge in [0.05, 0.1) is 0 Å². The standard InChI is InChI=1S/C23H46O/c1-4-6-8-10-11-12-13-14-15-16-17-19-21-23(24)22(3)20-18-9-7-5-2/h22H,4-21H2,1-3H3. The lowest BCUT2D eigenvalue weighted by molar-refractivity contribution is -0.122. The lowest BCUT2D eigenvalue weighted by Gasteiger charge is -2.10. The third-order valence-corrected chi connectivity index (χ3v) is 5.32. The van der Waals surface area contributed by atoms with Crippen LogP contribution in [0.25, 0.3) is 0 Å². The number of ketones is 1. The van der Waals surface area contributed by atoms with E-state index < -0.39 is 0 Å². The maximum atomic E-state index is 12.1. The minimum atomic E-state index is 0.301. The van der Waals surface area contributed by atoms with E-state index in [-0.39, 0.29) is 0 Å². The van der Waals surface area contributed by atoms with Crippen LogP contribution in [0, 0.1) is 5.92 Å². The van der Waals surface area contributed by atoms with Crippen molar-refractivity contribution in [2.24, 2.45) is 5.92 Å². The van der Waals surface area contributed by atoms with E-state index in [1.807, 2.05) is 0 Å². The molecule has 0 radical (unpaired) electrons. The third kappa shape index (κ3) is 16.5. The van der Waals surface area contributed by atoms with Gasteiger partial charge in [-0.25, -0.2) is 0 Å². The zero-order valence-electron chi connectivity index (χ0n) is 17.2. The Bertz CT molecular complexity index is 259. The second-order valence-electron chi connectivity index (χ2n) is 7.86. The molecule has 0 fully saturated rings. The lowest BCUT2D eigenvalue weighted by Crippen LogP contribution is -2.10. The van der Waals surface area contributed by atoms with Gasteiger partial charge in [0, 0.05) is 12.3 Å². The summed E-state index contributed by atoms with van der Waals surface area (Å²) in [6, 6.07) is 0. The van der Waals surface area contributed by atoms with Crippen LogP contribution in [0.2, 0.25) is 0 Å². The summed E-state index contributed by atoms with van der Waals surface area (Å²) in [7, 11) is 0. The van der Waals surface area contributed by atoms with Crippen molar-refractivity contribution in [2.45, 2.75) is 136 Å². The van der Waals surface area contributed by atoms with Crippen molar-refractivity contribution in [3.63, 3.8) is 0 Å². The van der Waals surface area contributed by atoms with Gasteiger partial charge in [0.2, 0.25) is 0 Å². The molecule has 0 aliphatic heterocycles. The molecule has 0 aromatic carbocycles. The largest absolute Gasteiger partial charge is 0.299 e. The fourth-order valence-electron chi connectivity index (χ4n) is 3.42. The molecule has 1 unspecified atom stereocenters. The van der Waals surface area contributed by atoms with Gasteiger partial charge < -0.3 is 0 Å². The van der Waals surface area contributed by atoms with Gasteiger partial charge in [-0.3, -0.25) is 4.79 Å². The summed E-state index contributed by atoms with van der Waals surface area (Å²) in [5, 5.41) is 0. The Morgan fingerprint density at radius 3 is 1.42 bits per heavy atom. The second-order valence-corrected chi connectivity index (χ2v) is 7.86. The van der Waals surface area contributed by atoms with E-state index in [1.54, 1.807) is 0 Å². The van der Waals surface area contributed by atoms with Crippen LogP contribution in [0.5, 0.6) is 0 Å². The number of rotatable bonds is 19. The first-order chi connectivity index (χ1) is 11.7. The summed E-state index contributed by atoms with van der Waals surface area (Å²) in [5.74, 6) is 0.813. The van der Waals surface area contributed by atoms with Crippen LogP contribution in [0.15, 0.2) is 0 Å². The highest BCUT2D eigenvalue weighted by atomic mass is 16.1. The minimum absolute atomic E-state index is 0.301. The van der Waals surface area contributed by atoms with E-state index in [4.69, 9.17) is 0 Å². The van der Waals surface area contributed by atoms with Crippen molar-refractivity contribution in [2.75, 3.05) is 0 Å². The molecule has 0 saturated heterocycles. The predicted molar refractivity (Wildman–Crippen MR) is 109 cm³/mol. The smallest absolute Gasteiger partial charge is 0.135 e. The van der Waals surface area contributed by atoms with E-state index in [1.165, 1.54) is 96.3 Å². The number of Topliss-reactive ketones (excluding diaryl/α,β-unsaturated/α-hetero) is 1. The van der Waals surface area contributed by atoms with Gasteiger partial charge in [-0.15, -0.1) is 0 Å². The lowest BCUT2D eigenvalue weighted by atomic mass is 9.95. The van der Waals surface area contributed by atoms with Crippen molar-refractivity contribution in [3.05, 3.63) is 0 Å². The molecule has 0 aromatic rings. The zero-order chi connectivity index (χ0) is 17.9. The molecular weight excluding hydrogens is 292 g/mol. The molecule has 0 aromatic heterocycles. The van der Waals surface area contributed by atoms with Gasteiger partial charge in [-0.1, -0.05) is 117 Å². The Balaban J connectivity index is 3.26. The molecule has 0 rings (SSSR count). The number of carbonyl (C=O) groups excluding carboxylic acids is 1. The fourth-order valence-corrected chi connectivity index (χ4v) is 3.42. The molecule has 1 heteroatoms. The van der Waals surface area contributed by atoms with Crippen molar-refractivity contribution in [1.29, 1.82) is 0 Å². The summed E-state index contributed by atoms with van der Waals surface area (Å²) in [6.45, 7) is 6.65. The Labute approximate surface area is 153 Å². The molecular formula is C23H46O. The first-order valence-corrected chi connectivity index (χ1v) is 11.2. The molecule has 0 amide bonds. The van der Waals surface area contributed by atoms with Crippen LogP contribution in [0.4, 0.5) is 0 Å². The Morgan fingerprint density at radius 2 is 0.958 bits per heavy atom. The number of hydrogen-bond donors (Lipinski definition) is 0. The zero-order valence-corrected chi connectivity index (χ0v) is 17.2. The molecule has 0 spiro atoms. The molecule has 1 atom stereocenters. The molecule has 24 heavy (non-hydrogen) atoms. The summed E-state index contributed by atoms with van der Waals surface area (Å²) in [5.41, 5.74) is 0. The van der Waals surface area contributed by atoms with Crippen LogP contribution in [-0.2, 0) is 4.79 Å². The van der Waals surface area contributed by atoms with Gasteiger partial charge in [-0.2, -0.15) is 0 Å². The van der Waals surface area contributed by atoms with E-state index in [0.717, 1.165) is 19.3 Å². The van der Waals surface area contributed by atoms with E-state index in [9.17, 15) is 4.79 Å². The Morgan fingerprint density at radius 1 is 0.583 bits per heavy atom. The number of hydrogen-bond acceptors (Lipinski definition) is 1. The molecule has 0 bridgehead atoms. The quantitative estimate of drug-likeness (QED) is 0.217. The number of carbonyl (C=O) groups is 1. The molecule has 0 aliphatic rings. The van der Waals surface area contributed by atoms with E-state index >= 15 is 0 Å². The molecule has 0 heterocycles. The SMILES string of the molecule is CCCCCCCCCCCCCCC(=O)C(C)CCCCCC. The van der Waals surface area contributed by atoms with Crippen LogP contribution in [0.1, 0.15) is 136 Å². The normalized spacial score (nSPS) is 12.5. The summed E-state index contributed by atoms with van der Waals surface area (Å²) < 4.78 is 0. The molecule has 1 nitrogen and oxygen atoms in total. The summed E-state index contributed by atoms with van der Waals surface area (Å²) in [6.07, 6.45) is 23.4.